The molecule has 0 radical (unpaired) electrons. The van der Waals surface area contributed by atoms with E-state index in [4.69, 9.17) is 5.73 Å². The summed E-state index contributed by atoms with van der Waals surface area (Å²) in [7, 11) is -3.63. The number of rotatable bonds is 5. The van der Waals surface area contributed by atoms with Crippen LogP contribution in [0.4, 0.5) is 10.1 Å². The van der Waals surface area contributed by atoms with E-state index in [2.05, 4.69) is 9.71 Å². The molecule has 0 atom stereocenters. The first-order chi connectivity index (χ1) is 9.47. The van der Waals surface area contributed by atoms with Gasteiger partial charge in [0, 0.05) is 18.9 Å². The molecule has 1 heterocycles. The van der Waals surface area contributed by atoms with Gasteiger partial charge in [-0.05, 0) is 30.2 Å². The number of hydrogen-bond acceptors (Lipinski definition) is 4. The van der Waals surface area contributed by atoms with Crippen molar-refractivity contribution >= 4 is 15.7 Å². The van der Waals surface area contributed by atoms with E-state index < -0.39 is 10.0 Å². The molecule has 1 aromatic carbocycles. The maximum absolute atomic E-state index is 12.7. The molecule has 0 unspecified atom stereocenters. The summed E-state index contributed by atoms with van der Waals surface area (Å²) in [6.45, 7) is 0.211. The molecule has 106 valence electrons. The summed E-state index contributed by atoms with van der Waals surface area (Å²) in [4.78, 5) is 3.77. The van der Waals surface area contributed by atoms with Crippen molar-refractivity contribution in [3.63, 3.8) is 0 Å². The molecule has 0 aliphatic carbocycles. The fourth-order valence-electron chi connectivity index (χ4n) is 1.65. The van der Waals surface area contributed by atoms with Crippen LogP contribution in [0, 0.1) is 5.82 Å². The maximum atomic E-state index is 12.7. The van der Waals surface area contributed by atoms with E-state index in [-0.39, 0.29) is 22.9 Å². The van der Waals surface area contributed by atoms with Crippen molar-refractivity contribution in [2.75, 3.05) is 12.3 Å². The Morgan fingerprint density at radius 2 is 1.90 bits per heavy atom. The quantitative estimate of drug-likeness (QED) is 0.871. The van der Waals surface area contributed by atoms with E-state index in [1.807, 2.05) is 0 Å². The number of nitrogens with two attached hydrogens (primary N) is 1. The van der Waals surface area contributed by atoms with Crippen molar-refractivity contribution in [3.05, 3.63) is 54.1 Å². The van der Waals surface area contributed by atoms with Gasteiger partial charge in [0.25, 0.3) is 0 Å². The molecule has 0 spiro atoms. The molecular formula is C13H14FN3O2S. The van der Waals surface area contributed by atoms with Crippen molar-refractivity contribution in [2.45, 2.75) is 11.3 Å². The monoisotopic (exact) mass is 295 g/mol. The van der Waals surface area contributed by atoms with Gasteiger partial charge in [-0.2, -0.15) is 0 Å². The second kappa shape index (κ2) is 5.98. The van der Waals surface area contributed by atoms with Crippen LogP contribution in [0.25, 0.3) is 0 Å². The number of anilines is 1. The molecule has 7 heteroatoms. The molecule has 0 saturated carbocycles. The SMILES string of the molecule is Nc1cncc(S(=O)(=O)NCCc2ccc(F)cc2)c1. The smallest absolute Gasteiger partial charge is 0.242 e. The highest BCUT2D eigenvalue weighted by molar-refractivity contribution is 7.89. The number of hydrogen-bond donors (Lipinski definition) is 2. The van der Waals surface area contributed by atoms with E-state index in [9.17, 15) is 12.8 Å². The Bertz CT molecular complexity index is 687. The van der Waals surface area contributed by atoms with E-state index in [0.29, 0.717) is 6.42 Å². The number of halogens is 1. The summed E-state index contributed by atoms with van der Waals surface area (Å²) in [5, 5.41) is 0. The molecule has 0 aliphatic heterocycles. The number of benzene rings is 1. The minimum atomic E-state index is -3.63. The molecule has 0 amide bonds. The summed E-state index contributed by atoms with van der Waals surface area (Å²) < 4.78 is 39.1. The lowest BCUT2D eigenvalue weighted by Gasteiger charge is -2.07. The topological polar surface area (TPSA) is 85.1 Å². The Morgan fingerprint density at radius 1 is 1.20 bits per heavy atom. The average Bonchev–Trinajstić information content (AvgIpc) is 2.41. The fourth-order valence-corrected chi connectivity index (χ4v) is 2.68. The molecule has 3 N–H and O–H groups in total. The van der Waals surface area contributed by atoms with Crippen molar-refractivity contribution < 1.29 is 12.8 Å². The average molecular weight is 295 g/mol. The standard InChI is InChI=1S/C13H14FN3O2S/c14-11-3-1-10(2-4-11)5-6-17-20(18,19)13-7-12(15)8-16-9-13/h1-4,7-9,17H,5-6,15H2. The Labute approximate surface area is 116 Å². The summed E-state index contributed by atoms with van der Waals surface area (Å²) in [6, 6.07) is 7.25. The van der Waals surface area contributed by atoms with Crippen LogP contribution in [0.5, 0.6) is 0 Å². The van der Waals surface area contributed by atoms with Gasteiger partial charge < -0.3 is 5.73 Å². The van der Waals surface area contributed by atoms with Crippen LogP contribution in [0.15, 0.2) is 47.6 Å². The predicted octanol–water partition coefficient (Wildman–Crippen LogP) is 1.32. The second-order valence-electron chi connectivity index (χ2n) is 4.23. The molecule has 0 saturated heterocycles. The fraction of sp³-hybridized carbons (Fsp3) is 0.154. The van der Waals surface area contributed by atoms with Gasteiger partial charge in [0.15, 0.2) is 0 Å². The van der Waals surface area contributed by atoms with Crippen molar-refractivity contribution in [1.82, 2.24) is 9.71 Å². The van der Waals surface area contributed by atoms with Crippen LogP contribution >= 0.6 is 0 Å². The maximum Gasteiger partial charge on any atom is 0.242 e. The Balaban J connectivity index is 1.98. The van der Waals surface area contributed by atoms with Crippen LogP contribution in [0.3, 0.4) is 0 Å². The second-order valence-corrected chi connectivity index (χ2v) is 6.00. The molecule has 5 nitrogen and oxygen atoms in total. The lowest BCUT2D eigenvalue weighted by molar-refractivity contribution is 0.581. The molecule has 1 aromatic heterocycles. The van der Waals surface area contributed by atoms with Crippen LogP contribution in [0.2, 0.25) is 0 Å². The lowest BCUT2D eigenvalue weighted by Crippen LogP contribution is -2.26. The summed E-state index contributed by atoms with van der Waals surface area (Å²) in [6.07, 6.45) is 3.07. The van der Waals surface area contributed by atoms with E-state index in [1.54, 1.807) is 12.1 Å². The largest absolute Gasteiger partial charge is 0.397 e. The van der Waals surface area contributed by atoms with Crippen LogP contribution < -0.4 is 10.5 Å². The van der Waals surface area contributed by atoms with E-state index in [1.165, 1.54) is 30.6 Å². The third kappa shape index (κ3) is 3.75. The van der Waals surface area contributed by atoms with Gasteiger partial charge in [0.1, 0.15) is 10.7 Å². The summed E-state index contributed by atoms with van der Waals surface area (Å²) in [5.41, 5.74) is 6.63. The van der Waals surface area contributed by atoms with Crippen LogP contribution in [-0.2, 0) is 16.4 Å². The van der Waals surface area contributed by atoms with Crippen molar-refractivity contribution in [2.24, 2.45) is 0 Å². The van der Waals surface area contributed by atoms with E-state index in [0.717, 1.165) is 5.56 Å². The molecular weight excluding hydrogens is 281 g/mol. The normalized spacial score (nSPS) is 11.4. The minimum absolute atomic E-state index is 0.0246. The molecule has 2 rings (SSSR count). The lowest BCUT2D eigenvalue weighted by atomic mass is 10.1. The Hall–Kier alpha value is -1.99. The van der Waals surface area contributed by atoms with Crippen molar-refractivity contribution in [1.29, 1.82) is 0 Å². The van der Waals surface area contributed by atoms with Gasteiger partial charge in [-0.3, -0.25) is 4.98 Å². The zero-order valence-electron chi connectivity index (χ0n) is 10.6. The minimum Gasteiger partial charge on any atom is -0.397 e. The Morgan fingerprint density at radius 3 is 2.55 bits per heavy atom. The van der Waals surface area contributed by atoms with Crippen LogP contribution in [-0.4, -0.2) is 19.9 Å². The number of sulfonamides is 1. The Kier molecular flexibility index (Phi) is 4.31. The highest BCUT2D eigenvalue weighted by Gasteiger charge is 2.13. The summed E-state index contributed by atoms with van der Waals surface area (Å²) in [5.74, 6) is -0.319. The first kappa shape index (κ1) is 14.4. The molecule has 0 bridgehead atoms. The number of aromatic nitrogens is 1. The zero-order valence-corrected chi connectivity index (χ0v) is 11.4. The van der Waals surface area contributed by atoms with Gasteiger partial charge >= 0.3 is 0 Å². The number of nitrogens with zero attached hydrogens (tertiary/aromatic N) is 1. The highest BCUT2D eigenvalue weighted by Crippen LogP contribution is 2.10. The number of pyridine rings is 1. The molecule has 0 fully saturated rings. The van der Waals surface area contributed by atoms with Gasteiger partial charge in [-0.15, -0.1) is 0 Å². The van der Waals surface area contributed by atoms with Gasteiger partial charge in [-0.25, -0.2) is 17.5 Å². The van der Waals surface area contributed by atoms with Gasteiger partial charge in [0.2, 0.25) is 10.0 Å². The van der Waals surface area contributed by atoms with Crippen molar-refractivity contribution in [3.8, 4) is 0 Å². The van der Waals surface area contributed by atoms with Gasteiger partial charge in [-0.1, -0.05) is 12.1 Å². The summed E-state index contributed by atoms with van der Waals surface area (Å²) >= 11 is 0. The number of nitrogen functional groups attached to an aromatic ring is 1. The third-order valence-electron chi connectivity index (χ3n) is 2.66. The molecule has 20 heavy (non-hydrogen) atoms. The molecule has 0 aliphatic rings. The first-order valence-corrected chi connectivity index (χ1v) is 7.40. The predicted molar refractivity (Wildman–Crippen MR) is 73.9 cm³/mol. The van der Waals surface area contributed by atoms with Gasteiger partial charge in [0.05, 0.1) is 5.69 Å². The highest BCUT2D eigenvalue weighted by atomic mass is 32.2. The molecule has 2 aromatic rings. The number of nitrogens with one attached hydrogen (secondary N) is 1. The zero-order chi connectivity index (χ0) is 14.6. The van der Waals surface area contributed by atoms with E-state index >= 15 is 0 Å². The van der Waals surface area contributed by atoms with Crippen LogP contribution in [0.1, 0.15) is 5.56 Å². The third-order valence-corrected chi connectivity index (χ3v) is 4.09. The first-order valence-electron chi connectivity index (χ1n) is 5.92.